The van der Waals surface area contributed by atoms with Crippen molar-refractivity contribution in [1.29, 1.82) is 0 Å². The fraction of sp³-hybridized carbons (Fsp3) is 0.219. The average molecular weight is 501 g/mol. The first kappa shape index (κ1) is 23.9. The first-order chi connectivity index (χ1) is 18.4. The van der Waals surface area contributed by atoms with Crippen LogP contribution in [-0.4, -0.2) is 20.7 Å². The second-order valence-electron chi connectivity index (χ2n) is 10.2. The molecular weight excluding hydrogens is 475 g/mol. The van der Waals surface area contributed by atoms with Gasteiger partial charge >= 0.3 is 0 Å². The quantitative estimate of drug-likeness (QED) is 0.289. The molecule has 2 aromatic carbocycles. The van der Waals surface area contributed by atoms with Crippen LogP contribution in [0, 0.1) is 24.2 Å². The van der Waals surface area contributed by atoms with E-state index in [2.05, 4.69) is 16.8 Å². The van der Waals surface area contributed by atoms with Gasteiger partial charge in [0, 0.05) is 46.0 Å². The molecule has 0 bridgehead atoms. The van der Waals surface area contributed by atoms with Crippen LogP contribution in [0.3, 0.4) is 0 Å². The van der Waals surface area contributed by atoms with E-state index in [0.717, 1.165) is 34.4 Å². The second-order valence-corrected chi connectivity index (χ2v) is 10.2. The SMILES string of the molecule is [C-]#[N+]C1=C[C@@]2(C)c3nc(-c4ccncc4-c4ccccc4)nc(-c4ccccc4F)c3CC[C@@H]2[C@@H](C)C1=O. The van der Waals surface area contributed by atoms with Crippen molar-refractivity contribution in [3.63, 3.8) is 0 Å². The summed E-state index contributed by atoms with van der Waals surface area (Å²) in [6, 6.07) is 18.4. The molecule has 186 valence electrons. The van der Waals surface area contributed by atoms with Crippen LogP contribution in [0.25, 0.3) is 38.6 Å². The molecule has 0 amide bonds. The number of benzene rings is 2. The highest BCUT2D eigenvalue weighted by molar-refractivity contribution is 6.00. The Kier molecular flexibility index (Phi) is 5.72. The molecular formula is C32H25FN4O. The van der Waals surface area contributed by atoms with E-state index in [1.54, 1.807) is 36.7 Å². The minimum absolute atomic E-state index is 0.0183. The van der Waals surface area contributed by atoms with Crippen LogP contribution in [0.5, 0.6) is 0 Å². The Labute approximate surface area is 221 Å². The molecule has 0 saturated carbocycles. The summed E-state index contributed by atoms with van der Waals surface area (Å²) in [7, 11) is 0. The third-order valence-corrected chi connectivity index (χ3v) is 8.10. The molecule has 0 saturated heterocycles. The molecule has 0 unspecified atom stereocenters. The normalized spacial score (nSPS) is 22.2. The molecule has 38 heavy (non-hydrogen) atoms. The number of rotatable bonds is 3. The van der Waals surface area contributed by atoms with E-state index in [1.807, 2.05) is 43.3 Å². The molecule has 3 atom stereocenters. The van der Waals surface area contributed by atoms with Gasteiger partial charge < -0.3 is 4.79 Å². The van der Waals surface area contributed by atoms with Crippen molar-refractivity contribution < 1.29 is 9.18 Å². The Bertz CT molecular complexity index is 1660. The summed E-state index contributed by atoms with van der Waals surface area (Å²) in [5.74, 6) is -0.328. The molecule has 0 fully saturated rings. The molecule has 0 aliphatic heterocycles. The van der Waals surface area contributed by atoms with Gasteiger partial charge in [-0.15, -0.1) is 0 Å². The van der Waals surface area contributed by atoms with Crippen LogP contribution < -0.4 is 0 Å². The van der Waals surface area contributed by atoms with Gasteiger partial charge in [-0.3, -0.25) is 4.98 Å². The van der Waals surface area contributed by atoms with E-state index in [0.29, 0.717) is 23.5 Å². The molecule has 0 N–H and O–H groups in total. The molecule has 2 aliphatic rings. The Hall–Kier alpha value is -4.50. The van der Waals surface area contributed by atoms with Gasteiger partial charge in [-0.05, 0) is 42.5 Å². The summed E-state index contributed by atoms with van der Waals surface area (Å²) >= 11 is 0. The highest BCUT2D eigenvalue weighted by atomic mass is 19.1. The van der Waals surface area contributed by atoms with Crippen molar-refractivity contribution in [2.45, 2.75) is 32.1 Å². The lowest BCUT2D eigenvalue weighted by molar-refractivity contribution is -0.121. The molecule has 0 radical (unpaired) electrons. The van der Waals surface area contributed by atoms with E-state index in [-0.39, 0.29) is 29.1 Å². The predicted octanol–water partition coefficient (Wildman–Crippen LogP) is 6.85. The van der Waals surface area contributed by atoms with Gasteiger partial charge in [-0.2, -0.15) is 0 Å². The van der Waals surface area contributed by atoms with E-state index >= 15 is 4.39 Å². The highest BCUT2D eigenvalue weighted by Crippen LogP contribution is 2.51. The Morgan fingerprint density at radius 2 is 1.76 bits per heavy atom. The minimum Gasteiger partial charge on any atom is -0.308 e. The summed E-state index contributed by atoms with van der Waals surface area (Å²) in [6.45, 7) is 11.6. The van der Waals surface area contributed by atoms with Crippen LogP contribution in [0.15, 0.2) is 84.8 Å². The Balaban J connectivity index is 1.67. The summed E-state index contributed by atoms with van der Waals surface area (Å²) < 4.78 is 15.2. The molecule has 4 aromatic rings. The molecule has 0 spiro atoms. The fourth-order valence-corrected chi connectivity index (χ4v) is 6.18. The van der Waals surface area contributed by atoms with Gasteiger partial charge in [0.15, 0.2) is 11.6 Å². The van der Waals surface area contributed by atoms with Gasteiger partial charge in [-0.1, -0.05) is 62.4 Å². The zero-order chi connectivity index (χ0) is 26.4. The van der Waals surface area contributed by atoms with Crippen LogP contribution >= 0.6 is 0 Å². The van der Waals surface area contributed by atoms with Gasteiger partial charge in [0.05, 0.1) is 18.0 Å². The van der Waals surface area contributed by atoms with Gasteiger partial charge in [-0.25, -0.2) is 19.2 Å². The van der Waals surface area contributed by atoms with Crippen molar-refractivity contribution in [3.8, 4) is 33.8 Å². The van der Waals surface area contributed by atoms with Gasteiger partial charge in [0.1, 0.15) is 5.82 Å². The van der Waals surface area contributed by atoms with E-state index in [4.69, 9.17) is 16.5 Å². The largest absolute Gasteiger partial charge is 0.308 e. The lowest BCUT2D eigenvalue weighted by Crippen LogP contribution is -2.46. The van der Waals surface area contributed by atoms with Crippen LogP contribution in [-0.2, 0) is 16.6 Å². The third-order valence-electron chi connectivity index (χ3n) is 8.10. The van der Waals surface area contributed by atoms with E-state index < -0.39 is 5.41 Å². The molecule has 6 heteroatoms. The van der Waals surface area contributed by atoms with Crippen molar-refractivity contribution in [2.24, 2.45) is 11.8 Å². The fourth-order valence-electron chi connectivity index (χ4n) is 6.18. The summed E-state index contributed by atoms with van der Waals surface area (Å²) in [5, 5.41) is 0. The van der Waals surface area contributed by atoms with Crippen LogP contribution in [0.4, 0.5) is 4.39 Å². The zero-order valence-corrected chi connectivity index (χ0v) is 21.1. The molecule has 6 rings (SSSR count). The number of ketones is 1. The monoisotopic (exact) mass is 500 g/mol. The average Bonchev–Trinajstić information content (AvgIpc) is 2.95. The number of hydrogen-bond donors (Lipinski definition) is 0. The summed E-state index contributed by atoms with van der Waals surface area (Å²) in [5.41, 5.74) is 4.70. The summed E-state index contributed by atoms with van der Waals surface area (Å²) in [6.07, 6.45) is 6.64. The molecule has 2 aromatic heterocycles. The van der Waals surface area contributed by atoms with Crippen LogP contribution in [0.1, 0.15) is 31.5 Å². The standard InChI is InChI=1S/C32H25FN4O/c1-19-25-14-13-23-28(22-11-7-8-12-26(22)33)36-31(37-30(23)32(25,2)17-27(34-3)29(19)38)21-15-16-35-18-24(21)20-9-5-4-6-10-20/h4-12,15-19,25H,13-14H2,1-2H3/t19-,25-,32-/m1/s1. The minimum atomic E-state index is -0.668. The first-order valence-electron chi connectivity index (χ1n) is 12.7. The number of fused-ring (bicyclic) bond motifs is 3. The van der Waals surface area contributed by atoms with Crippen molar-refractivity contribution >= 4 is 5.78 Å². The van der Waals surface area contributed by atoms with Crippen molar-refractivity contribution in [1.82, 2.24) is 15.0 Å². The van der Waals surface area contributed by atoms with Crippen molar-refractivity contribution in [3.05, 3.63) is 113 Å². The number of allylic oxidation sites excluding steroid dienone is 2. The number of Topliss-reactive ketones (excluding diaryl/α,β-unsaturated/α-hetero) is 1. The molecule has 2 aliphatic carbocycles. The highest BCUT2D eigenvalue weighted by Gasteiger charge is 2.49. The molecule has 2 heterocycles. The maximum absolute atomic E-state index is 15.2. The number of halogens is 1. The second kappa shape index (κ2) is 9.11. The summed E-state index contributed by atoms with van der Waals surface area (Å²) in [4.78, 5) is 31.0. The Morgan fingerprint density at radius 1 is 1.00 bits per heavy atom. The predicted molar refractivity (Wildman–Crippen MR) is 144 cm³/mol. The van der Waals surface area contributed by atoms with Gasteiger partial charge in [0.25, 0.3) is 0 Å². The lowest BCUT2D eigenvalue weighted by atomic mass is 9.58. The first-order valence-corrected chi connectivity index (χ1v) is 12.7. The van der Waals surface area contributed by atoms with Gasteiger partial charge in [0.2, 0.25) is 5.70 Å². The number of hydrogen-bond acceptors (Lipinski definition) is 4. The lowest BCUT2D eigenvalue weighted by Gasteiger charge is -2.46. The third kappa shape index (κ3) is 3.66. The maximum Gasteiger partial charge on any atom is 0.226 e. The molecule has 5 nitrogen and oxygen atoms in total. The number of pyridine rings is 1. The Morgan fingerprint density at radius 3 is 2.53 bits per heavy atom. The van der Waals surface area contributed by atoms with E-state index in [9.17, 15) is 4.79 Å². The zero-order valence-electron chi connectivity index (χ0n) is 21.1. The van der Waals surface area contributed by atoms with Crippen LogP contribution in [0.2, 0.25) is 0 Å². The number of nitrogens with zero attached hydrogens (tertiary/aromatic N) is 4. The topological polar surface area (TPSA) is 60.1 Å². The van der Waals surface area contributed by atoms with Crippen molar-refractivity contribution in [2.75, 3.05) is 0 Å². The number of aromatic nitrogens is 3. The smallest absolute Gasteiger partial charge is 0.226 e. The number of carbonyl (C=O) groups is 1. The number of carbonyl (C=O) groups excluding carboxylic acids is 1. The maximum atomic E-state index is 15.2. The van der Waals surface area contributed by atoms with E-state index in [1.165, 1.54) is 6.07 Å².